The largest absolute Gasteiger partial charge is 0.494 e. The molecular formula is C27H25FN4O3. The van der Waals surface area contributed by atoms with Crippen LogP contribution in [0.3, 0.4) is 0 Å². The Balaban J connectivity index is 1.61. The number of benzene rings is 2. The molecule has 0 amide bonds. The second-order valence-electron chi connectivity index (χ2n) is 8.41. The van der Waals surface area contributed by atoms with Crippen molar-refractivity contribution in [3.63, 3.8) is 0 Å². The molecule has 0 fully saturated rings. The number of nitrogens with zero attached hydrogens (tertiary/aromatic N) is 4. The number of rotatable bonds is 6. The van der Waals surface area contributed by atoms with Crippen LogP contribution in [0.4, 0.5) is 4.39 Å². The predicted molar refractivity (Wildman–Crippen MR) is 132 cm³/mol. The summed E-state index contributed by atoms with van der Waals surface area (Å²) < 4.78 is 28.7. The number of pyridine rings is 1. The topological polar surface area (TPSA) is 75.1 Å². The monoisotopic (exact) mass is 472 g/mol. The van der Waals surface area contributed by atoms with E-state index in [4.69, 9.17) is 9.15 Å². The molecule has 0 aliphatic heterocycles. The van der Waals surface area contributed by atoms with Crippen molar-refractivity contribution < 1.29 is 13.5 Å². The Morgan fingerprint density at radius 2 is 1.83 bits per heavy atom. The smallest absolute Gasteiger partial charge is 0.252 e. The molecule has 0 bridgehead atoms. The Morgan fingerprint density at radius 1 is 1.06 bits per heavy atom. The molecule has 178 valence electrons. The maximum atomic E-state index is 14.0. The number of halogens is 1. The lowest BCUT2D eigenvalue weighted by Crippen LogP contribution is -2.23. The Kier molecular flexibility index (Phi) is 5.72. The zero-order valence-electron chi connectivity index (χ0n) is 20.0. The highest BCUT2D eigenvalue weighted by atomic mass is 19.1. The number of ether oxygens (including phenoxy) is 1. The van der Waals surface area contributed by atoms with Crippen molar-refractivity contribution in [3.05, 3.63) is 93.5 Å². The number of fused-ring (bicyclic) bond motifs is 1. The van der Waals surface area contributed by atoms with Crippen molar-refractivity contribution in [1.29, 1.82) is 0 Å². The Labute approximate surface area is 201 Å². The van der Waals surface area contributed by atoms with Crippen LogP contribution in [0.25, 0.3) is 28.2 Å². The van der Waals surface area contributed by atoms with Crippen LogP contribution in [-0.2, 0) is 6.54 Å². The minimum absolute atomic E-state index is 0.183. The fourth-order valence-electron chi connectivity index (χ4n) is 4.31. The van der Waals surface area contributed by atoms with Gasteiger partial charge in [0.05, 0.1) is 24.5 Å². The molecule has 2 aromatic carbocycles. The van der Waals surface area contributed by atoms with Gasteiger partial charge in [-0.3, -0.25) is 9.36 Å². The zero-order chi connectivity index (χ0) is 24.7. The minimum atomic E-state index is -0.377. The van der Waals surface area contributed by atoms with Crippen LogP contribution < -0.4 is 10.3 Å². The van der Waals surface area contributed by atoms with Crippen LogP contribution in [0.1, 0.15) is 29.6 Å². The Morgan fingerprint density at radius 3 is 2.54 bits per heavy atom. The summed E-state index contributed by atoms with van der Waals surface area (Å²) in [5, 5.41) is 5.49. The van der Waals surface area contributed by atoms with E-state index in [2.05, 4.69) is 10.1 Å². The van der Waals surface area contributed by atoms with E-state index in [1.807, 2.05) is 52.0 Å². The second-order valence-corrected chi connectivity index (χ2v) is 8.41. The summed E-state index contributed by atoms with van der Waals surface area (Å²) in [4.78, 5) is 17.9. The molecule has 35 heavy (non-hydrogen) atoms. The maximum Gasteiger partial charge on any atom is 0.252 e. The van der Waals surface area contributed by atoms with Gasteiger partial charge in [0.15, 0.2) is 0 Å². The molecule has 0 unspecified atom stereocenters. The van der Waals surface area contributed by atoms with Gasteiger partial charge in [-0.2, -0.15) is 5.10 Å². The van der Waals surface area contributed by atoms with Gasteiger partial charge in [0, 0.05) is 17.0 Å². The summed E-state index contributed by atoms with van der Waals surface area (Å²) in [6, 6.07) is 15.3. The first-order chi connectivity index (χ1) is 16.9. The highest BCUT2D eigenvalue weighted by Gasteiger charge is 2.20. The lowest BCUT2D eigenvalue weighted by Gasteiger charge is -2.11. The van der Waals surface area contributed by atoms with Crippen molar-refractivity contribution in [1.82, 2.24) is 19.3 Å². The van der Waals surface area contributed by atoms with Gasteiger partial charge in [-0.15, -0.1) is 0 Å². The van der Waals surface area contributed by atoms with Gasteiger partial charge in [-0.05, 0) is 75.7 Å². The zero-order valence-corrected chi connectivity index (χ0v) is 20.0. The molecule has 0 radical (unpaired) electrons. The first kappa shape index (κ1) is 22.6. The summed E-state index contributed by atoms with van der Waals surface area (Å²) in [5.41, 5.74) is 3.93. The maximum absolute atomic E-state index is 14.0. The van der Waals surface area contributed by atoms with Crippen LogP contribution in [0.15, 0.2) is 63.8 Å². The third-order valence-corrected chi connectivity index (χ3v) is 5.96. The molecule has 0 saturated heterocycles. The summed E-state index contributed by atoms with van der Waals surface area (Å²) in [5.74, 6) is 1.47. The molecule has 0 N–H and O–H groups in total. The van der Waals surface area contributed by atoms with E-state index in [1.54, 1.807) is 27.4 Å². The third-order valence-electron chi connectivity index (χ3n) is 5.96. The van der Waals surface area contributed by atoms with E-state index in [0.29, 0.717) is 35.3 Å². The van der Waals surface area contributed by atoms with Crippen molar-refractivity contribution in [2.45, 2.75) is 34.2 Å². The van der Waals surface area contributed by atoms with E-state index in [0.717, 1.165) is 28.0 Å². The molecule has 0 saturated carbocycles. The summed E-state index contributed by atoms with van der Waals surface area (Å²) in [7, 11) is 0. The SMILES string of the molecule is CCOc1ccc(-c2nc(Cn3c(=O)cc(C)c4c(C)nn(-c5cccc(F)c5)c43)c(C)o2)cc1. The van der Waals surface area contributed by atoms with E-state index in [9.17, 15) is 9.18 Å². The summed E-state index contributed by atoms with van der Waals surface area (Å²) >= 11 is 0. The lowest BCUT2D eigenvalue weighted by atomic mass is 10.1. The van der Waals surface area contributed by atoms with E-state index >= 15 is 0 Å². The normalized spacial score (nSPS) is 11.3. The summed E-state index contributed by atoms with van der Waals surface area (Å²) in [6.45, 7) is 8.29. The molecule has 0 aliphatic carbocycles. The average Bonchev–Trinajstić information content (AvgIpc) is 3.37. The van der Waals surface area contributed by atoms with Gasteiger partial charge in [0.2, 0.25) is 5.89 Å². The first-order valence-electron chi connectivity index (χ1n) is 11.4. The number of aryl methyl sites for hydroxylation is 3. The van der Waals surface area contributed by atoms with E-state index in [-0.39, 0.29) is 17.9 Å². The van der Waals surface area contributed by atoms with Crippen LogP contribution in [0.5, 0.6) is 5.75 Å². The fraction of sp³-hybridized carbons (Fsp3) is 0.222. The molecule has 5 aromatic rings. The highest BCUT2D eigenvalue weighted by Crippen LogP contribution is 2.27. The van der Waals surface area contributed by atoms with Gasteiger partial charge < -0.3 is 9.15 Å². The third kappa shape index (κ3) is 4.12. The molecule has 3 aromatic heterocycles. The van der Waals surface area contributed by atoms with Gasteiger partial charge in [-0.1, -0.05) is 6.07 Å². The molecule has 0 spiro atoms. The first-order valence-corrected chi connectivity index (χ1v) is 11.4. The number of hydrogen-bond donors (Lipinski definition) is 0. The second kappa shape index (κ2) is 8.87. The van der Waals surface area contributed by atoms with Crippen LogP contribution in [0, 0.1) is 26.6 Å². The van der Waals surface area contributed by atoms with E-state index < -0.39 is 0 Å². The van der Waals surface area contributed by atoms with Gasteiger partial charge in [-0.25, -0.2) is 14.1 Å². The summed E-state index contributed by atoms with van der Waals surface area (Å²) in [6.07, 6.45) is 0. The molecule has 8 heteroatoms. The molecule has 7 nitrogen and oxygen atoms in total. The minimum Gasteiger partial charge on any atom is -0.494 e. The van der Waals surface area contributed by atoms with Gasteiger partial charge in [0.1, 0.15) is 28.7 Å². The van der Waals surface area contributed by atoms with Crippen LogP contribution in [0.2, 0.25) is 0 Å². The number of aromatic nitrogens is 4. The molecular weight excluding hydrogens is 447 g/mol. The van der Waals surface area contributed by atoms with Crippen molar-refractivity contribution in [3.8, 4) is 22.9 Å². The standard InChI is InChI=1S/C27H25FN4O3/c1-5-34-22-11-9-19(10-12-22)26-29-23(18(4)35-26)15-31-24(33)13-16(2)25-17(3)30-32(27(25)31)21-8-6-7-20(28)14-21/h6-14H,5,15H2,1-4H3. The molecule has 3 heterocycles. The quantitative estimate of drug-likeness (QED) is 0.333. The lowest BCUT2D eigenvalue weighted by molar-refractivity contribution is 0.340. The van der Waals surface area contributed by atoms with Gasteiger partial charge in [0.25, 0.3) is 5.56 Å². The highest BCUT2D eigenvalue weighted by molar-refractivity contribution is 5.83. The molecule has 5 rings (SSSR count). The number of hydrogen-bond acceptors (Lipinski definition) is 5. The van der Waals surface area contributed by atoms with Crippen LogP contribution in [-0.4, -0.2) is 25.9 Å². The molecule has 0 aliphatic rings. The van der Waals surface area contributed by atoms with Gasteiger partial charge >= 0.3 is 0 Å². The Hall–Kier alpha value is -4.20. The predicted octanol–water partition coefficient (Wildman–Crippen LogP) is 5.35. The van der Waals surface area contributed by atoms with Crippen molar-refractivity contribution in [2.75, 3.05) is 6.61 Å². The van der Waals surface area contributed by atoms with E-state index in [1.165, 1.54) is 12.1 Å². The number of oxazole rings is 1. The van der Waals surface area contributed by atoms with Crippen LogP contribution >= 0.6 is 0 Å². The van der Waals surface area contributed by atoms with Crippen molar-refractivity contribution in [2.24, 2.45) is 0 Å². The Bertz CT molecular complexity index is 1600. The van der Waals surface area contributed by atoms with Crippen molar-refractivity contribution >= 4 is 11.0 Å². The fourth-order valence-corrected chi connectivity index (χ4v) is 4.31. The average molecular weight is 473 g/mol. The molecule has 0 atom stereocenters.